The summed E-state index contributed by atoms with van der Waals surface area (Å²) in [5, 5.41) is 6.68. The molecule has 3 aromatic rings. The Labute approximate surface area is 208 Å². The third-order valence-electron chi connectivity index (χ3n) is 7.81. The van der Waals surface area contributed by atoms with Crippen LogP contribution in [0.1, 0.15) is 37.8 Å². The van der Waals surface area contributed by atoms with Crippen molar-refractivity contribution >= 4 is 22.7 Å². The number of methoxy groups -OCH3 is 1. The molecule has 0 radical (unpaired) electrons. The molecule has 36 heavy (non-hydrogen) atoms. The molecule has 10 nitrogen and oxygen atoms in total. The summed E-state index contributed by atoms with van der Waals surface area (Å²) < 4.78 is 18.8. The molecule has 3 aliphatic heterocycles. The summed E-state index contributed by atoms with van der Waals surface area (Å²) in [5.74, 6) is 0.636. The summed E-state index contributed by atoms with van der Waals surface area (Å²) in [5.41, 5.74) is 2.74. The van der Waals surface area contributed by atoms with Crippen molar-refractivity contribution in [2.45, 2.75) is 56.3 Å². The summed E-state index contributed by atoms with van der Waals surface area (Å²) in [4.78, 5) is 33.2. The van der Waals surface area contributed by atoms with Crippen molar-refractivity contribution < 1.29 is 19.0 Å². The van der Waals surface area contributed by atoms with Crippen molar-refractivity contribution in [3.63, 3.8) is 0 Å². The average molecular weight is 492 g/mol. The number of carbonyl (C=O) groups excluding carboxylic acids is 1. The van der Waals surface area contributed by atoms with E-state index in [1.165, 1.54) is 0 Å². The highest BCUT2D eigenvalue weighted by Crippen LogP contribution is 2.45. The first-order valence-corrected chi connectivity index (χ1v) is 12.3. The maximum atomic E-state index is 12.7. The lowest BCUT2D eigenvalue weighted by molar-refractivity contribution is -0.167. The fourth-order valence-corrected chi connectivity index (χ4v) is 5.50. The van der Waals surface area contributed by atoms with Crippen LogP contribution in [0, 0.1) is 0 Å². The molecule has 0 atom stereocenters. The first-order valence-electron chi connectivity index (χ1n) is 12.3. The van der Waals surface area contributed by atoms with Gasteiger partial charge in [0, 0.05) is 30.8 Å². The number of fused-ring (bicyclic) bond motifs is 5. The van der Waals surface area contributed by atoms with E-state index >= 15 is 0 Å². The van der Waals surface area contributed by atoms with Crippen LogP contribution in [0.2, 0.25) is 0 Å². The fraction of sp³-hybridized carbons (Fsp3) is 0.462. The van der Waals surface area contributed by atoms with Gasteiger partial charge in [-0.05, 0) is 50.3 Å². The second-order valence-electron chi connectivity index (χ2n) is 9.94. The molecule has 10 heteroatoms. The molecule has 188 valence electrons. The maximum Gasteiger partial charge on any atom is 0.332 e. The first-order chi connectivity index (χ1) is 17.5. The maximum absolute atomic E-state index is 12.7. The number of anilines is 1. The monoisotopic (exact) mass is 491 g/mol. The SMILES string of the molecule is COc1cnc2ccc(=O)n(CCC34CCC(NCc5ccc6c(n5)OC(=O)CN6)(CC3)CO4)c2c1. The van der Waals surface area contributed by atoms with Crippen molar-refractivity contribution in [2.24, 2.45) is 0 Å². The number of ether oxygens (including phenoxy) is 3. The molecule has 6 heterocycles. The smallest absolute Gasteiger partial charge is 0.332 e. The van der Waals surface area contributed by atoms with Crippen molar-refractivity contribution in [3.8, 4) is 11.6 Å². The van der Waals surface area contributed by atoms with Gasteiger partial charge in [-0.1, -0.05) is 0 Å². The van der Waals surface area contributed by atoms with Crippen LogP contribution < -0.4 is 25.7 Å². The van der Waals surface area contributed by atoms with Gasteiger partial charge in [-0.15, -0.1) is 0 Å². The molecule has 3 fully saturated rings. The van der Waals surface area contributed by atoms with E-state index in [2.05, 4.69) is 20.6 Å². The quantitative estimate of drug-likeness (QED) is 0.481. The molecule has 2 N–H and O–H groups in total. The number of aromatic nitrogens is 3. The third kappa shape index (κ3) is 4.20. The Morgan fingerprint density at radius 3 is 2.81 bits per heavy atom. The Bertz CT molecular complexity index is 1360. The van der Waals surface area contributed by atoms with E-state index in [0.29, 0.717) is 31.3 Å². The molecule has 3 aromatic heterocycles. The largest absolute Gasteiger partial charge is 0.495 e. The van der Waals surface area contributed by atoms with Crippen LogP contribution in [0.5, 0.6) is 11.6 Å². The molecular formula is C26H29N5O5. The molecule has 2 bridgehead atoms. The molecule has 2 saturated heterocycles. The molecule has 1 aliphatic carbocycles. The van der Waals surface area contributed by atoms with Gasteiger partial charge in [0.1, 0.15) is 12.3 Å². The summed E-state index contributed by atoms with van der Waals surface area (Å²) in [6.07, 6.45) is 6.28. The minimum atomic E-state index is -0.329. The second kappa shape index (κ2) is 8.86. The molecule has 0 amide bonds. The number of nitrogens with zero attached hydrogens (tertiary/aromatic N) is 3. The lowest BCUT2D eigenvalue weighted by Gasteiger charge is -2.53. The molecular weight excluding hydrogens is 462 g/mol. The molecule has 4 aliphatic rings. The fourth-order valence-electron chi connectivity index (χ4n) is 5.50. The molecule has 0 aromatic carbocycles. The van der Waals surface area contributed by atoms with Crippen LogP contribution in [0.15, 0.2) is 41.3 Å². The van der Waals surface area contributed by atoms with Gasteiger partial charge in [0.15, 0.2) is 0 Å². The van der Waals surface area contributed by atoms with Crippen molar-refractivity contribution in [2.75, 3.05) is 25.6 Å². The molecule has 7 rings (SSSR count). The van der Waals surface area contributed by atoms with Crippen LogP contribution >= 0.6 is 0 Å². The summed E-state index contributed by atoms with van der Waals surface area (Å²) in [6.45, 7) is 1.92. The Morgan fingerprint density at radius 1 is 1.17 bits per heavy atom. The number of hydrogen-bond acceptors (Lipinski definition) is 9. The minimum absolute atomic E-state index is 0.0463. The van der Waals surface area contributed by atoms with Crippen LogP contribution in [-0.2, 0) is 22.6 Å². The van der Waals surface area contributed by atoms with Gasteiger partial charge in [-0.3, -0.25) is 9.78 Å². The summed E-state index contributed by atoms with van der Waals surface area (Å²) in [7, 11) is 1.60. The Balaban J connectivity index is 1.10. The predicted molar refractivity (Wildman–Crippen MR) is 132 cm³/mol. The van der Waals surface area contributed by atoms with E-state index in [1.807, 2.05) is 18.2 Å². The average Bonchev–Trinajstić information content (AvgIpc) is 2.92. The normalized spacial score (nSPS) is 24.8. The lowest BCUT2D eigenvalue weighted by atomic mass is 9.70. The highest BCUT2D eigenvalue weighted by molar-refractivity contribution is 5.82. The van der Waals surface area contributed by atoms with Gasteiger partial charge >= 0.3 is 5.97 Å². The number of rotatable bonds is 7. The van der Waals surface area contributed by atoms with Gasteiger partial charge in [-0.2, -0.15) is 0 Å². The molecule has 1 saturated carbocycles. The highest BCUT2D eigenvalue weighted by atomic mass is 16.5. The van der Waals surface area contributed by atoms with E-state index in [9.17, 15) is 9.59 Å². The molecule has 0 unspecified atom stereocenters. The van der Waals surface area contributed by atoms with Crippen molar-refractivity contribution in [3.05, 3.63) is 52.6 Å². The lowest BCUT2D eigenvalue weighted by Crippen LogP contribution is -2.61. The number of aryl methyl sites for hydroxylation is 1. The van der Waals surface area contributed by atoms with Gasteiger partial charge in [0.05, 0.1) is 47.9 Å². The minimum Gasteiger partial charge on any atom is -0.495 e. The number of carbonyl (C=O) groups is 1. The van der Waals surface area contributed by atoms with E-state index in [4.69, 9.17) is 14.2 Å². The second-order valence-corrected chi connectivity index (χ2v) is 9.94. The van der Waals surface area contributed by atoms with E-state index in [1.54, 1.807) is 30.0 Å². The number of hydrogen-bond donors (Lipinski definition) is 2. The van der Waals surface area contributed by atoms with Crippen molar-refractivity contribution in [1.82, 2.24) is 19.9 Å². The zero-order chi connectivity index (χ0) is 24.8. The van der Waals surface area contributed by atoms with Gasteiger partial charge in [0.2, 0.25) is 5.88 Å². The number of pyridine rings is 3. The zero-order valence-electron chi connectivity index (χ0n) is 20.2. The van der Waals surface area contributed by atoms with E-state index < -0.39 is 0 Å². The van der Waals surface area contributed by atoms with Gasteiger partial charge < -0.3 is 29.4 Å². The number of nitrogens with one attached hydrogen (secondary N) is 2. The van der Waals surface area contributed by atoms with Crippen LogP contribution in [0.25, 0.3) is 11.0 Å². The van der Waals surface area contributed by atoms with E-state index in [0.717, 1.165) is 54.5 Å². The molecule has 0 spiro atoms. The Kier molecular flexibility index (Phi) is 5.65. The van der Waals surface area contributed by atoms with Gasteiger partial charge in [0.25, 0.3) is 5.56 Å². The Hall–Kier alpha value is -3.50. The standard InChI is InChI=1S/C26H29N5O5/c1-34-18-12-21-19(27-14-18)4-5-22(32)31(21)11-10-26-8-6-25(7-9-26,16-35-26)29-13-17-2-3-20-24(30-17)36-23(33)15-28-20/h2-5,12,14,28-29H,6-11,13,15-16H2,1H3. The van der Waals surface area contributed by atoms with Crippen LogP contribution in [0.4, 0.5) is 5.69 Å². The van der Waals surface area contributed by atoms with Crippen LogP contribution in [-0.4, -0.2) is 51.9 Å². The summed E-state index contributed by atoms with van der Waals surface area (Å²) >= 11 is 0. The van der Waals surface area contributed by atoms with Crippen LogP contribution in [0.3, 0.4) is 0 Å². The summed E-state index contributed by atoms with van der Waals surface area (Å²) in [6, 6.07) is 9.03. The number of esters is 1. The highest BCUT2D eigenvalue weighted by Gasteiger charge is 2.49. The first kappa shape index (κ1) is 22.9. The predicted octanol–water partition coefficient (Wildman–Crippen LogP) is 2.39. The zero-order valence-corrected chi connectivity index (χ0v) is 20.2. The van der Waals surface area contributed by atoms with E-state index in [-0.39, 0.29) is 29.2 Å². The topological polar surface area (TPSA) is 117 Å². The Morgan fingerprint density at radius 2 is 2.03 bits per heavy atom. The third-order valence-corrected chi connectivity index (χ3v) is 7.81. The van der Waals surface area contributed by atoms with Gasteiger partial charge in [-0.25, -0.2) is 9.78 Å². The van der Waals surface area contributed by atoms with Crippen molar-refractivity contribution in [1.29, 1.82) is 0 Å².